The van der Waals surface area contributed by atoms with Gasteiger partial charge in [0.05, 0.1) is 6.61 Å². The highest BCUT2D eigenvalue weighted by Gasteiger charge is 2.11. The van der Waals surface area contributed by atoms with Crippen LogP contribution in [0.5, 0.6) is 6.01 Å². The third kappa shape index (κ3) is 2.44. The minimum Gasteiger partial charge on any atom is -0.463 e. The van der Waals surface area contributed by atoms with Gasteiger partial charge in [0.15, 0.2) is 11.5 Å². The van der Waals surface area contributed by atoms with Crippen LogP contribution in [0.25, 0.3) is 11.2 Å². The molecule has 2 rings (SSSR count). The van der Waals surface area contributed by atoms with E-state index in [0.717, 1.165) is 12.8 Å². The smallest absolute Gasteiger partial charge is 0.327 e. The molecule has 18 heavy (non-hydrogen) atoms. The zero-order valence-corrected chi connectivity index (χ0v) is 9.86. The SMILES string of the molecule is C.CCCCOc1nc(N)c2[nH]c(=O)n(C)c2n1. The number of aromatic nitrogens is 4. The molecule has 0 aromatic carbocycles. The molecule has 2 aromatic rings. The van der Waals surface area contributed by atoms with Gasteiger partial charge < -0.3 is 15.5 Å². The number of rotatable bonds is 4. The summed E-state index contributed by atoms with van der Waals surface area (Å²) in [5.41, 5.74) is 6.35. The minimum atomic E-state index is -0.272. The van der Waals surface area contributed by atoms with Gasteiger partial charge in [-0.2, -0.15) is 9.97 Å². The number of imidazole rings is 1. The second-order valence-electron chi connectivity index (χ2n) is 3.78. The number of nitrogens with zero attached hydrogens (tertiary/aromatic N) is 3. The normalized spacial score (nSPS) is 10.3. The minimum absolute atomic E-state index is 0. The van der Waals surface area contributed by atoms with Crippen LogP contribution in [0.3, 0.4) is 0 Å². The van der Waals surface area contributed by atoms with E-state index in [1.54, 1.807) is 7.05 Å². The van der Waals surface area contributed by atoms with Crippen molar-refractivity contribution in [3.05, 3.63) is 10.5 Å². The topological polar surface area (TPSA) is 98.8 Å². The number of hydrogen-bond acceptors (Lipinski definition) is 5. The van der Waals surface area contributed by atoms with E-state index < -0.39 is 0 Å². The maximum atomic E-state index is 11.4. The molecular weight excluding hydrogens is 234 g/mol. The second-order valence-corrected chi connectivity index (χ2v) is 3.78. The van der Waals surface area contributed by atoms with Crippen molar-refractivity contribution in [1.29, 1.82) is 0 Å². The average molecular weight is 253 g/mol. The Bertz CT molecular complexity index is 587. The Balaban J connectivity index is 0.00000162. The Kier molecular flexibility index (Phi) is 4.30. The molecule has 0 bridgehead atoms. The Morgan fingerprint density at radius 1 is 1.44 bits per heavy atom. The van der Waals surface area contributed by atoms with Gasteiger partial charge in [-0.3, -0.25) is 4.57 Å². The van der Waals surface area contributed by atoms with Crippen molar-refractivity contribution in [2.24, 2.45) is 7.05 Å². The molecule has 0 saturated carbocycles. The first-order valence-electron chi connectivity index (χ1n) is 5.48. The van der Waals surface area contributed by atoms with Gasteiger partial charge in [0.25, 0.3) is 0 Å². The van der Waals surface area contributed by atoms with Gasteiger partial charge in [-0.1, -0.05) is 20.8 Å². The standard InChI is InChI=1S/C10H15N5O2.CH4/c1-3-4-5-17-9-13-7(11)6-8(14-9)15(2)10(16)12-6;/h3-5H2,1-2H3,(H,12,16)(H2,11,13,14);1H4. The first-order valence-corrected chi connectivity index (χ1v) is 5.48. The molecule has 0 aliphatic rings. The number of hydrogen-bond donors (Lipinski definition) is 2. The molecule has 0 fully saturated rings. The molecule has 3 N–H and O–H groups in total. The lowest BCUT2D eigenvalue weighted by Gasteiger charge is -2.04. The largest absolute Gasteiger partial charge is 0.463 e. The molecule has 100 valence electrons. The van der Waals surface area contributed by atoms with Gasteiger partial charge in [0.1, 0.15) is 5.52 Å². The summed E-state index contributed by atoms with van der Waals surface area (Å²) in [7, 11) is 1.61. The van der Waals surface area contributed by atoms with Crippen molar-refractivity contribution in [1.82, 2.24) is 19.5 Å². The zero-order valence-electron chi connectivity index (χ0n) is 9.86. The number of unbranched alkanes of at least 4 members (excludes halogenated alkanes) is 1. The number of nitrogens with one attached hydrogen (secondary N) is 1. The number of nitrogens with two attached hydrogens (primary N) is 1. The molecule has 2 heterocycles. The average Bonchev–Trinajstić information content (AvgIpc) is 2.58. The Morgan fingerprint density at radius 2 is 2.17 bits per heavy atom. The van der Waals surface area contributed by atoms with Gasteiger partial charge in [-0.25, -0.2) is 4.79 Å². The van der Waals surface area contributed by atoms with Crippen LogP contribution in [0, 0.1) is 0 Å². The second kappa shape index (κ2) is 5.52. The van der Waals surface area contributed by atoms with Crippen LogP contribution in [0.2, 0.25) is 0 Å². The summed E-state index contributed by atoms with van der Waals surface area (Å²) in [6, 6.07) is 0.207. The predicted octanol–water partition coefficient (Wildman–Crippen LogP) is 1.05. The summed E-state index contributed by atoms with van der Waals surface area (Å²) in [4.78, 5) is 22.1. The van der Waals surface area contributed by atoms with Crippen LogP contribution in [0.4, 0.5) is 5.82 Å². The van der Waals surface area contributed by atoms with Gasteiger partial charge in [0.2, 0.25) is 0 Å². The summed E-state index contributed by atoms with van der Waals surface area (Å²) in [5.74, 6) is 0.221. The Morgan fingerprint density at radius 3 is 2.83 bits per heavy atom. The van der Waals surface area contributed by atoms with Crippen molar-refractivity contribution in [2.75, 3.05) is 12.3 Å². The molecule has 0 atom stereocenters. The van der Waals surface area contributed by atoms with Crippen molar-refractivity contribution < 1.29 is 4.74 Å². The predicted molar refractivity (Wildman–Crippen MR) is 70.7 cm³/mol. The fourth-order valence-electron chi connectivity index (χ4n) is 1.47. The molecular formula is C11H19N5O2. The monoisotopic (exact) mass is 253 g/mol. The number of fused-ring (bicyclic) bond motifs is 1. The van der Waals surface area contributed by atoms with Crippen molar-refractivity contribution >= 4 is 17.0 Å². The van der Waals surface area contributed by atoms with E-state index >= 15 is 0 Å². The number of anilines is 1. The zero-order chi connectivity index (χ0) is 12.4. The van der Waals surface area contributed by atoms with Crippen LogP contribution in [0.1, 0.15) is 27.2 Å². The first kappa shape index (κ1) is 14.0. The van der Waals surface area contributed by atoms with Crippen LogP contribution in [-0.2, 0) is 7.05 Å². The quantitative estimate of drug-likeness (QED) is 0.793. The molecule has 0 aliphatic carbocycles. The fraction of sp³-hybridized carbons (Fsp3) is 0.545. The van der Waals surface area contributed by atoms with Crippen molar-refractivity contribution in [2.45, 2.75) is 27.2 Å². The maximum absolute atomic E-state index is 11.4. The highest BCUT2D eigenvalue weighted by Crippen LogP contribution is 2.16. The number of ether oxygens (including phenoxy) is 1. The van der Waals surface area contributed by atoms with E-state index in [-0.39, 0.29) is 24.9 Å². The van der Waals surface area contributed by atoms with E-state index in [4.69, 9.17) is 10.5 Å². The fourth-order valence-corrected chi connectivity index (χ4v) is 1.47. The van der Waals surface area contributed by atoms with Gasteiger partial charge in [0, 0.05) is 7.05 Å². The highest BCUT2D eigenvalue weighted by atomic mass is 16.5. The Labute approximate surface area is 105 Å². The molecule has 0 radical (unpaired) electrons. The molecule has 7 heteroatoms. The van der Waals surface area contributed by atoms with Gasteiger partial charge >= 0.3 is 11.7 Å². The molecule has 0 spiro atoms. The number of aryl methyl sites for hydroxylation is 1. The van der Waals surface area contributed by atoms with Crippen LogP contribution < -0.4 is 16.2 Å². The molecule has 7 nitrogen and oxygen atoms in total. The number of H-pyrrole nitrogens is 1. The molecule has 0 unspecified atom stereocenters. The van der Waals surface area contributed by atoms with E-state index in [2.05, 4.69) is 21.9 Å². The third-order valence-corrected chi connectivity index (χ3v) is 2.48. The Hall–Kier alpha value is -2.05. The molecule has 2 aromatic heterocycles. The van der Waals surface area contributed by atoms with E-state index in [1.165, 1.54) is 4.57 Å². The lowest BCUT2D eigenvalue weighted by molar-refractivity contribution is 0.286. The molecule has 0 saturated heterocycles. The lowest BCUT2D eigenvalue weighted by Crippen LogP contribution is -2.12. The van der Waals surface area contributed by atoms with E-state index in [1.807, 2.05) is 0 Å². The van der Waals surface area contributed by atoms with Crippen LogP contribution in [-0.4, -0.2) is 26.1 Å². The lowest BCUT2D eigenvalue weighted by atomic mass is 10.4. The van der Waals surface area contributed by atoms with E-state index in [9.17, 15) is 4.79 Å². The van der Waals surface area contributed by atoms with E-state index in [0.29, 0.717) is 17.8 Å². The highest BCUT2D eigenvalue weighted by molar-refractivity contribution is 5.81. The summed E-state index contributed by atoms with van der Waals surface area (Å²) in [5, 5.41) is 0. The van der Waals surface area contributed by atoms with Crippen LogP contribution >= 0.6 is 0 Å². The number of nitrogen functional groups attached to an aromatic ring is 1. The molecule has 0 amide bonds. The number of aromatic amines is 1. The third-order valence-electron chi connectivity index (χ3n) is 2.48. The van der Waals surface area contributed by atoms with Gasteiger partial charge in [-0.15, -0.1) is 0 Å². The summed E-state index contributed by atoms with van der Waals surface area (Å²) in [6.07, 6.45) is 1.95. The van der Waals surface area contributed by atoms with Crippen molar-refractivity contribution in [3.63, 3.8) is 0 Å². The molecule has 0 aliphatic heterocycles. The summed E-state index contributed by atoms with van der Waals surface area (Å²) < 4.78 is 6.74. The van der Waals surface area contributed by atoms with Crippen LogP contribution in [0.15, 0.2) is 4.79 Å². The maximum Gasteiger partial charge on any atom is 0.327 e. The van der Waals surface area contributed by atoms with Crippen molar-refractivity contribution in [3.8, 4) is 6.01 Å². The summed E-state index contributed by atoms with van der Waals surface area (Å²) in [6.45, 7) is 2.61. The first-order chi connectivity index (χ1) is 8.13. The summed E-state index contributed by atoms with van der Waals surface area (Å²) >= 11 is 0. The van der Waals surface area contributed by atoms with Gasteiger partial charge in [-0.05, 0) is 6.42 Å².